The van der Waals surface area contributed by atoms with Gasteiger partial charge in [0, 0.05) is 15.5 Å². The van der Waals surface area contributed by atoms with Crippen LogP contribution in [-0.4, -0.2) is 0 Å². The largest absolute Gasteiger partial charge is 0.324 e. The Labute approximate surface area is 134 Å². The van der Waals surface area contributed by atoms with Crippen molar-refractivity contribution >= 4 is 27.5 Å². The van der Waals surface area contributed by atoms with Gasteiger partial charge in [-0.15, -0.1) is 0 Å². The van der Waals surface area contributed by atoms with Crippen molar-refractivity contribution in [1.82, 2.24) is 0 Å². The number of hydrogen-bond donors (Lipinski definition) is 1. The highest BCUT2D eigenvalue weighted by Gasteiger charge is 2.11. The molecule has 20 heavy (non-hydrogen) atoms. The Bertz CT molecular complexity index is 578. The highest BCUT2D eigenvalue weighted by Crippen LogP contribution is 2.27. The molecule has 0 aliphatic heterocycles. The summed E-state index contributed by atoms with van der Waals surface area (Å²) in [6, 6.07) is 14.4. The quantitative estimate of drug-likeness (QED) is 0.776. The lowest BCUT2D eigenvalue weighted by atomic mass is 9.96. The number of benzene rings is 2. The van der Waals surface area contributed by atoms with Gasteiger partial charge in [0.25, 0.3) is 0 Å². The standard InChI is InChI=1S/C17H19BrClN/c1-11(2)13-5-3-12(4-6-13)9-17(20)15-8-7-14(19)10-16(15)18/h3-8,10-11,17H,9,20H2,1-2H3. The van der Waals surface area contributed by atoms with E-state index >= 15 is 0 Å². The Hall–Kier alpha value is -0.830. The number of rotatable bonds is 4. The first kappa shape index (κ1) is 15.6. The molecule has 0 heterocycles. The second kappa shape index (κ2) is 6.75. The van der Waals surface area contributed by atoms with Crippen LogP contribution < -0.4 is 5.73 Å². The summed E-state index contributed by atoms with van der Waals surface area (Å²) in [5.74, 6) is 0.558. The summed E-state index contributed by atoms with van der Waals surface area (Å²) in [7, 11) is 0. The van der Waals surface area contributed by atoms with Crippen LogP contribution in [-0.2, 0) is 6.42 Å². The molecule has 1 atom stereocenters. The molecule has 2 N–H and O–H groups in total. The van der Waals surface area contributed by atoms with Gasteiger partial charge in [-0.2, -0.15) is 0 Å². The molecule has 0 radical (unpaired) electrons. The molecule has 0 saturated carbocycles. The third kappa shape index (κ3) is 3.85. The van der Waals surface area contributed by atoms with E-state index in [1.165, 1.54) is 11.1 Å². The summed E-state index contributed by atoms with van der Waals surface area (Å²) < 4.78 is 0.969. The molecule has 0 aromatic heterocycles. The maximum Gasteiger partial charge on any atom is 0.0417 e. The fourth-order valence-electron chi connectivity index (χ4n) is 2.20. The number of hydrogen-bond acceptors (Lipinski definition) is 1. The van der Waals surface area contributed by atoms with Crippen molar-refractivity contribution in [3.05, 3.63) is 68.7 Å². The highest BCUT2D eigenvalue weighted by molar-refractivity contribution is 9.10. The zero-order chi connectivity index (χ0) is 14.7. The van der Waals surface area contributed by atoms with Crippen LogP contribution in [0.15, 0.2) is 46.9 Å². The van der Waals surface area contributed by atoms with Gasteiger partial charge in [0.2, 0.25) is 0 Å². The normalized spacial score (nSPS) is 12.7. The van der Waals surface area contributed by atoms with Crippen molar-refractivity contribution in [3.63, 3.8) is 0 Å². The van der Waals surface area contributed by atoms with Crippen LogP contribution in [0.25, 0.3) is 0 Å². The molecule has 0 saturated heterocycles. The minimum Gasteiger partial charge on any atom is -0.324 e. The monoisotopic (exact) mass is 351 g/mol. The fourth-order valence-corrected chi connectivity index (χ4v) is 3.18. The molecule has 1 unspecified atom stereocenters. The van der Waals surface area contributed by atoms with Crippen molar-refractivity contribution in [3.8, 4) is 0 Å². The van der Waals surface area contributed by atoms with E-state index in [9.17, 15) is 0 Å². The van der Waals surface area contributed by atoms with E-state index in [2.05, 4.69) is 54.0 Å². The van der Waals surface area contributed by atoms with Crippen LogP contribution in [0.3, 0.4) is 0 Å². The molecular formula is C17H19BrClN. The SMILES string of the molecule is CC(C)c1ccc(CC(N)c2ccc(Cl)cc2Br)cc1. The molecule has 0 aliphatic rings. The van der Waals surface area contributed by atoms with E-state index in [1.54, 1.807) is 0 Å². The molecule has 0 amide bonds. The molecule has 0 fully saturated rings. The maximum absolute atomic E-state index is 6.30. The van der Waals surface area contributed by atoms with Crippen molar-refractivity contribution in [2.24, 2.45) is 5.73 Å². The van der Waals surface area contributed by atoms with Crippen LogP contribution in [0.2, 0.25) is 5.02 Å². The van der Waals surface area contributed by atoms with Gasteiger partial charge in [0.05, 0.1) is 0 Å². The van der Waals surface area contributed by atoms with Crippen molar-refractivity contribution in [2.75, 3.05) is 0 Å². The molecule has 106 valence electrons. The third-order valence-electron chi connectivity index (χ3n) is 3.46. The van der Waals surface area contributed by atoms with E-state index in [4.69, 9.17) is 17.3 Å². The highest BCUT2D eigenvalue weighted by atomic mass is 79.9. The summed E-state index contributed by atoms with van der Waals surface area (Å²) in [6.07, 6.45) is 0.818. The van der Waals surface area contributed by atoms with Crippen molar-refractivity contribution < 1.29 is 0 Å². The minimum atomic E-state index is -0.0356. The van der Waals surface area contributed by atoms with Crippen LogP contribution in [0.1, 0.15) is 42.5 Å². The molecular weight excluding hydrogens is 334 g/mol. The Kier molecular flexibility index (Phi) is 5.25. The summed E-state index contributed by atoms with van der Waals surface area (Å²) in [5, 5.41) is 0.717. The zero-order valence-electron chi connectivity index (χ0n) is 11.7. The molecule has 2 aromatic carbocycles. The Balaban J connectivity index is 2.12. The molecule has 1 nitrogen and oxygen atoms in total. The lowest BCUT2D eigenvalue weighted by molar-refractivity contribution is 0.717. The minimum absolute atomic E-state index is 0.0356. The van der Waals surface area contributed by atoms with Crippen LogP contribution in [0, 0.1) is 0 Å². The summed E-state index contributed by atoms with van der Waals surface area (Å²) in [6.45, 7) is 4.40. The van der Waals surface area contributed by atoms with Gasteiger partial charge < -0.3 is 5.73 Å². The van der Waals surface area contributed by atoms with Gasteiger partial charge in [-0.1, -0.05) is 71.7 Å². The van der Waals surface area contributed by atoms with Gasteiger partial charge in [0.1, 0.15) is 0 Å². The first-order chi connectivity index (χ1) is 9.47. The van der Waals surface area contributed by atoms with Crippen LogP contribution in [0.5, 0.6) is 0 Å². The fraction of sp³-hybridized carbons (Fsp3) is 0.294. The first-order valence-electron chi connectivity index (χ1n) is 6.76. The zero-order valence-corrected chi connectivity index (χ0v) is 14.1. The Morgan fingerprint density at radius 3 is 2.30 bits per heavy atom. The Morgan fingerprint density at radius 2 is 1.75 bits per heavy atom. The average Bonchev–Trinajstić information content (AvgIpc) is 2.39. The van der Waals surface area contributed by atoms with Crippen LogP contribution in [0.4, 0.5) is 0 Å². The van der Waals surface area contributed by atoms with Gasteiger partial charge in [-0.3, -0.25) is 0 Å². The smallest absolute Gasteiger partial charge is 0.0417 e. The average molecular weight is 353 g/mol. The molecule has 2 rings (SSSR count). The van der Waals surface area contributed by atoms with E-state index in [1.807, 2.05) is 18.2 Å². The van der Waals surface area contributed by atoms with Crippen molar-refractivity contribution in [1.29, 1.82) is 0 Å². The van der Waals surface area contributed by atoms with Crippen LogP contribution >= 0.6 is 27.5 Å². The number of halogens is 2. The van der Waals surface area contributed by atoms with Gasteiger partial charge in [-0.05, 0) is 41.2 Å². The predicted octanol–water partition coefficient (Wildman–Crippen LogP) is 5.47. The topological polar surface area (TPSA) is 26.0 Å². The lowest BCUT2D eigenvalue weighted by Crippen LogP contribution is -2.14. The van der Waals surface area contributed by atoms with Gasteiger partial charge >= 0.3 is 0 Å². The van der Waals surface area contributed by atoms with Gasteiger partial charge in [0.15, 0.2) is 0 Å². The molecule has 3 heteroatoms. The summed E-state index contributed by atoms with van der Waals surface area (Å²) in [4.78, 5) is 0. The van der Waals surface area contributed by atoms with E-state index in [0.29, 0.717) is 10.9 Å². The number of nitrogens with two attached hydrogens (primary N) is 1. The van der Waals surface area contributed by atoms with E-state index < -0.39 is 0 Å². The summed E-state index contributed by atoms with van der Waals surface area (Å²) in [5.41, 5.74) is 10.00. The molecule has 0 aliphatic carbocycles. The predicted molar refractivity (Wildman–Crippen MR) is 90.3 cm³/mol. The first-order valence-corrected chi connectivity index (χ1v) is 7.94. The third-order valence-corrected chi connectivity index (χ3v) is 4.39. The molecule has 0 spiro atoms. The van der Waals surface area contributed by atoms with E-state index in [0.717, 1.165) is 16.5 Å². The van der Waals surface area contributed by atoms with Crippen molar-refractivity contribution in [2.45, 2.75) is 32.2 Å². The molecule has 2 aromatic rings. The lowest BCUT2D eigenvalue weighted by Gasteiger charge is -2.15. The van der Waals surface area contributed by atoms with Gasteiger partial charge in [-0.25, -0.2) is 0 Å². The summed E-state index contributed by atoms with van der Waals surface area (Å²) >= 11 is 9.49. The Morgan fingerprint density at radius 1 is 1.10 bits per heavy atom. The maximum atomic E-state index is 6.30. The second-order valence-corrected chi connectivity index (χ2v) is 6.66. The van der Waals surface area contributed by atoms with E-state index in [-0.39, 0.29) is 6.04 Å². The second-order valence-electron chi connectivity index (χ2n) is 5.37. The molecule has 0 bridgehead atoms.